The summed E-state index contributed by atoms with van der Waals surface area (Å²) in [6, 6.07) is 7.48. The summed E-state index contributed by atoms with van der Waals surface area (Å²) in [5.41, 5.74) is 0.798. The van der Waals surface area contributed by atoms with Gasteiger partial charge in [-0.05, 0) is 40.3 Å². The highest BCUT2D eigenvalue weighted by Crippen LogP contribution is 2.38. The van der Waals surface area contributed by atoms with E-state index in [9.17, 15) is 22.8 Å². The van der Waals surface area contributed by atoms with Gasteiger partial charge in [-0.25, -0.2) is 8.42 Å². The first-order chi connectivity index (χ1) is 13.7. The molecule has 3 rings (SSSR count). The lowest BCUT2D eigenvalue weighted by molar-refractivity contribution is -0.160. The van der Waals surface area contributed by atoms with Crippen LogP contribution in [0.25, 0.3) is 0 Å². The molecule has 1 aromatic rings. The number of hydrogen-bond acceptors (Lipinski definition) is 7. The van der Waals surface area contributed by atoms with Gasteiger partial charge in [0.25, 0.3) is 11.8 Å². The van der Waals surface area contributed by atoms with Crippen LogP contribution in [0, 0.1) is 3.57 Å². The quantitative estimate of drug-likeness (QED) is 0.319. The molecule has 156 valence electrons. The maximum Gasteiger partial charge on any atom is 0.302 e. The number of β-lactam (4-membered cyclic amide) rings is 1. The van der Waals surface area contributed by atoms with E-state index in [1.807, 2.05) is 24.3 Å². The molecule has 0 bridgehead atoms. The van der Waals surface area contributed by atoms with Crippen LogP contribution >= 0.6 is 22.6 Å². The summed E-state index contributed by atoms with van der Waals surface area (Å²) in [7, 11) is -2.56. The zero-order valence-electron chi connectivity index (χ0n) is 15.7. The van der Waals surface area contributed by atoms with E-state index in [-0.39, 0.29) is 17.8 Å². The smallest absolute Gasteiger partial charge is 0.302 e. The third kappa shape index (κ3) is 4.31. The van der Waals surface area contributed by atoms with Crippen molar-refractivity contribution in [2.24, 2.45) is 0 Å². The van der Waals surface area contributed by atoms with Gasteiger partial charge in [0.05, 0.1) is 5.75 Å². The average molecular weight is 532 g/mol. The number of nitrogens with zero attached hydrogens (tertiary/aromatic N) is 1. The number of methoxy groups -OCH3 is 1. The highest BCUT2D eigenvalue weighted by Gasteiger charge is 2.60. The Morgan fingerprint density at radius 1 is 1.34 bits per heavy atom. The number of halogens is 1. The summed E-state index contributed by atoms with van der Waals surface area (Å²) in [4.78, 5) is 37.5. The van der Waals surface area contributed by atoms with E-state index in [4.69, 9.17) is 9.47 Å². The third-order valence-electron chi connectivity index (χ3n) is 4.57. The number of benzene rings is 1. The maximum atomic E-state index is 12.9. The molecule has 0 aliphatic carbocycles. The Hall–Kier alpha value is -1.99. The molecule has 1 aromatic carbocycles. The number of ether oxygens (including phenoxy) is 2. The summed E-state index contributed by atoms with van der Waals surface area (Å²) >= 11 is 2.15. The molecule has 0 aromatic heterocycles. The third-order valence-corrected chi connectivity index (χ3v) is 7.19. The standard InChI is InChI=1S/C18H19IN2O7S/c1-10(22)28-8-12-9-29(25,26)18-15(27-2)17(24)21(18)14(12)16(23)20-7-11-4-3-5-13(19)6-11/h3-6,15,18H,7-9H2,1-2H3,(H,20,23)/t15-,18+/m0/s1/i19-2. The number of esters is 1. The molecule has 1 fully saturated rings. The molecule has 9 nitrogen and oxygen atoms in total. The lowest BCUT2D eigenvalue weighted by atomic mass is 10.0. The number of amides is 2. The van der Waals surface area contributed by atoms with Gasteiger partial charge in [-0.2, -0.15) is 0 Å². The molecule has 1 saturated heterocycles. The van der Waals surface area contributed by atoms with Crippen molar-refractivity contribution < 1.29 is 32.3 Å². The van der Waals surface area contributed by atoms with Gasteiger partial charge in [0.15, 0.2) is 21.3 Å². The van der Waals surface area contributed by atoms with Crippen LogP contribution < -0.4 is 5.32 Å². The minimum atomic E-state index is -3.80. The molecule has 0 spiro atoms. The number of sulfone groups is 1. The Balaban J connectivity index is 1.91. The van der Waals surface area contributed by atoms with Crippen LogP contribution in [0.5, 0.6) is 0 Å². The molecule has 2 aliphatic heterocycles. The molecule has 2 amide bonds. The Bertz CT molecular complexity index is 1010. The van der Waals surface area contributed by atoms with Crippen LogP contribution in [0.15, 0.2) is 35.5 Å². The van der Waals surface area contributed by atoms with Crippen molar-refractivity contribution in [2.45, 2.75) is 24.9 Å². The Morgan fingerprint density at radius 3 is 2.69 bits per heavy atom. The lowest BCUT2D eigenvalue weighted by Gasteiger charge is -2.48. The van der Waals surface area contributed by atoms with Crippen molar-refractivity contribution in [1.29, 1.82) is 0 Å². The molecule has 11 heteroatoms. The zero-order chi connectivity index (χ0) is 21.3. The molecular weight excluding hydrogens is 513 g/mol. The SMILES string of the molecule is CO[C@H]1C(=O)N2C(C(=O)NCc3cccc([125I])c3)=C(COC(C)=O)CS(=O)(=O)[C@H]12. The number of fused-ring (bicyclic) bond motifs is 1. The monoisotopic (exact) mass is 532 g/mol. The van der Waals surface area contributed by atoms with Crippen LogP contribution in [0.2, 0.25) is 0 Å². The van der Waals surface area contributed by atoms with Crippen LogP contribution in [0.4, 0.5) is 0 Å². The second kappa shape index (κ2) is 8.40. The molecule has 2 aliphatic rings. The first kappa shape index (κ1) is 21.7. The van der Waals surface area contributed by atoms with E-state index >= 15 is 0 Å². The minimum Gasteiger partial charge on any atom is -0.461 e. The molecule has 0 radical (unpaired) electrons. The summed E-state index contributed by atoms with van der Waals surface area (Å²) in [5.74, 6) is -2.37. The highest BCUT2D eigenvalue weighted by molar-refractivity contribution is 14.1. The van der Waals surface area contributed by atoms with E-state index in [1.165, 1.54) is 14.0 Å². The van der Waals surface area contributed by atoms with Crippen LogP contribution in [-0.4, -0.2) is 62.0 Å². The second-order valence-corrected chi connectivity index (χ2v) is 9.95. The fourth-order valence-corrected chi connectivity index (χ4v) is 5.91. The van der Waals surface area contributed by atoms with Crippen molar-refractivity contribution in [3.63, 3.8) is 0 Å². The van der Waals surface area contributed by atoms with E-state index in [2.05, 4.69) is 27.9 Å². The molecule has 29 heavy (non-hydrogen) atoms. The van der Waals surface area contributed by atoms with Crippen LogP contribution in [0.1, 0.15) is 12.5 Å². The zero-order valence-corrected chi connectivity index (χ0v) is 18.7. The Morgan fingerprint density at radius 2 is 2.07 bits per heavy atom. The molecule has 0 saturated carbocycles. The fourth-order valence-electron chi connectivity index (χ4n) is 3.29. The van der Waals surface area contributed by atoms with Crippen LogP contribution in [0.3, 0.4) is 0 Å². The van der Waals surface area contributed by atoms with Crippen LogP contribution in [-0.2, 0) is 40.2 Å². The van der Waals surface area contributed by atoms with Gasteiger partial charge < -0.3 is 14.8 Å². The van der Waals surface area contributed by atoms with Gasteiger partial charge in [0, 0.05) is 29.7 Å². The van der Waals surface area contributed by atoms with Gasteiger partial charge in [0.2, 0.25) is 0 Å². The van der Waals surface area contributed by atoms with E-state index in [0.717, 1.165) is 14.0 Å². The average Bonchev–Trinajstić information content (AvgIpc) is 2.64. The number of hydrogen-bond donors (Lipinski definition) is 1. The summed E-state index contributed by atoms with van der Waals surface area (Å²) in [6.07, 6.45) is -1.16. The van der Waals surface area contributed by atoms with E-state index < -0.39 is 51.5 Å². The molecular formula is C18H19IN2O7S. The first-order valence-corrected chi connectivity index (χ1v) is 11.4. The maximum absolute atomic E-state index is 12.9. The van der Waals surface area contributed by atoms with E-state index in [1.54, 1.807) is 0 Å². The summed E-state index contributed by atoms with van der Waals surface area (Å²) in [5, 5.41) is 1.44. The van der Waals surface area contributed by atoms with Gasteiger partial charge in [-0.3, -0.25) is 19.3 Å². The predicted octanol–water partition coefficient (Wildman–Crippen LogP) is 0.336. The van der Waals surface area contributed by atoms with Crippen molar-refractivity contribution in [1.82, 2.24) is 10.2 Å². The summed E-state index contributed by atoms with van der Waals surface area (Å²) in [6.45, 7) is 0.967. The topological polar surface area (TPSA) is 119 Å². The predicted molar refractivity (Wildman–Crippen MR) is 110 cm³/mol. The second-order valence-electron chi connectivity index (χ2n) is 6.61. The van der Waals surface area contributed by atoms with Crippen molar-refractivity contribution in [3.05, 3.63) is 44.7 Å². The largest absolute Gasteiger partial charge is 0.461 e. The van der Waals surface area contributed by atoms with E-state index in [0.29, 0.717) is 0 Å². The normalized spacial score (nSPS) is 22.6. The van der Waals surface area contributed by atoms with Gasteiger partial charge in [-0.1, -0.05) is 12.1 Å². The minimum absolute atomic E-state index is 0.0551. The van der Waals surface area contributed by atoms with Gasteiger partial charge >= 0.3 is 5.97 Å². The molecule has 1 N–H and O–H groups in total. The Kier molecular flexibility index (Phi) is 6.29. The number of rotatable bonds is 6. The molecule has 2 heterocycles. The number of carbonyl (C=O) groups excluding carboxylic acids is 3. The van der Waals surface area contributed by atoms with Crippen molar-refractivity contribution in [3.8, 4) is 0 Å². The first-order valence-electron chi connectivity index (χ1n) is 8.61. The highest BCUT2D eigenvalue weighted by atomic mass is 125. The fraction of sp³-hybridized carbons (Fsp3) is 0.389. The van der Waals surface area contributed by atoms with Gasteiger partial charge in [-0.15, -0.1) is 0 Å². The lowest BCUT2D eigenvalue weighted by Crippen LogP contribution is -2.71. The van der Waals surface area contributed by atoms with Crippen molar-refractivity contribution in [2.75, 3.05) is 19.5 Å². The molecule has 2 atom stereocenters. The molecule has 0 unspecified atom stereocenters. The summed E-state index contributed by atoms with van der Waals surface area (Å²) < 4.78 is 36.1. The number of nitrogens with one attached hydrogen (secondary N) is 1. The van der Waals surface area contributed by atoms with Gasteiger partial charge in [0.1, 0.15) is 12.3 Å². The Labute approximate surface area is 181 Å². The van der Waals surface area contributed by atoms with Crippen molar-refractivity contribution >= 4 is 50.2 Å². The number of carbonyl (C=O) groups is 3.